The number of amides is 1. The van der Waals surface area contributed by atoms with Crippen LogP contribution in [0.4, 0.5) is 5.69 Å². The minimum atomic E-state index is -0.00917. The second kappa shape index (κ2) is 10.4. The Labute approximate surface area is 208 Å². The van der Waals surface area contributed by atoms with Gasteiger partial charge in [0, 0.05) is 27.7 Å². The number of carbonyl (C=O) groups excluding carboxylic acids is 1. The summed E-state index contributed by atoms with van der Waals surface area (Å²) in [5.41, 5.74) is 2.95. The van der Waals surface area contributed by atoms with Crippen molar-refractivity contribution in [3.63, 3.8) is 0 Å². The Morgan fingerprint density at radius 3 is 2.34 bits per heavy atom. The topological polar surface area (TPSA) is 32.3 Å². The quantitative estimate of drug-likeness (QED) is 0.391. The molecule has 1 heterocycles. The Kier molecular flexibility index (Phi) is 7.52. The maximum atomic E-state index is 12.7. The first-order valence-corrected chi connectivity index (χ1v) is 11.9. The van der Waals surface area contributed by atoms with Gasteiger partial charge < -0.3 is 10.2 Å². The molecule has 166 valence electrons. The van der Waals surface area contributed by atoms with Crippen molar-refractivity contribution in [1.82, 2.24) is 5.32 Å². The van der Waals surface area contributed by atoms with Crippen molar-refractivity contribution in [2.24, 2.45) is 0 Å². The highest BCUT2D eigenvalue weighted by Crippen LogP contribution is 2.39. The standard InChI is InChI=1S/C25H22Cl4N2O/c26-18-6-4-17(5-7-18)24-15-21(30-25(32)13-16-2-1-3-19(27)12-16)10-11-31(24)23-9-8-20(28)14-22(23)29/h1-9,12,14,21,24H,10-11,13,15H2,(H,30,32). The molecule has 0 aliphatic carbocycles. The molecule has 32 heavy (non-hydrogen) atoms. The van der Waals surface area contributed by atoms with E-state index in [4.69, 9.17) is 46.4 Å². The van der Waals surface area contributed by atoms with Crippen LogP contribution in [0.15, 0.2) is 66.7 Å². The molecule has 3 aromatic rings. The second-order valence-electron chi connectivity index (χ2n) is 7.95. The third-order valence-corrected chi connectivity index (χ3v) is 6.72. The van der Waals surface area contributed by atoms with E-state index in [1.54, 1.807) is 12.1 Å². The Balaban J connectivity index is 1.53. The van der Waals surface area contributed by atoms with Crippen LogP contribution in [0.1, 0.15) is 30.0 Å². The lowest BCUT2D eigenvalue weighted by atomic mass is 9.91. The third kappa shape index (κ3) is 5.71. The highest BCUT2D eigenvalue weighted by Gasteiger charge is 2.31. The predicted molar refractivity (Wildman–Crippen MR) is 134 cm³/mol. The van der Waals surface area contributed by atoms with Crippen LogP contribution in [0, 0.1) is 0 Å². The van der Waals surface area contributed by atoms with Crippen molar-refractivity contribution in [3.8, 4) is 0 Å². The predicted octanol–water partition coefficient (Wildman–Crippen LogP) is 7.37. The summed E-state index contributed by atoms with van der Waals surface area (Å²) in [7, 11) is 0. The van der Waals surface area contributed by atoms with E-state index >= 15 is 0 Å². The van der Waals surface area contributed by atoms with Crippen molar-refractivity contribution in [3.05, 3.63) is 97.9 Å². The molecule has 0 bridgehead atoms. The largest absolute Gasteiger partial charge is 0.363 e. The van der Waals surface area contributed by atoms with Gasteiger partial charge in [0.2, 0.25) is 5.91 Å². The monoisotopic (exact) mass is 506 g/mol. The van der Waals surface area contributed by atoms with E-state index in [0.29, 0.717) is 26.5 Å². The van der Waals surface area contributed by atoms with Crippen LogP contribution < -0.4 is 10.2 Å². The number of nitrogens with zero attached hydrogens (tertiary/aromatic N) is 1. The normalized spacial score (nSPS) is 18.4. The lowest BCUT2D eigenvalue weighted by Gasteiger charge is -2.42. The molecule has 2 unspecified atom stereocenters. The first-order chi connectivity index (χ1) is 15.4. The van der Waals surface area contributed by atoms with Crippen LogP contribution >= 0.6 is 46.4 Å². The molecule has 0 radical (unpaired) electrons. The Hall–Kier alpha value is -1.91. The van der Waals surface area contributed by atoms with Gasteiger partial charge in [0.15, 0.2) is 0 Å². The molecule has 1 saturated heterocycles. The maximum Gasteiger partial charge on any atom is 0.224 e. The van der Waals surface area contributed by atoms with E-state index in [0.717, 1.165) is 36.2 Å². The molecule has 4 rings (SSSR count). The minimum Gasteiger partial charge on any atom is -0.363 e. The number of rotatable bonds is 5. The number of anilines is 1. The lowest BCUT2D eigenvalue weighted by molar-refractivity contribution is -0.121. The zero-order valence-electron chi connectivity index (χ0n) is 17.2. The van der Waals surface area contributed by atoms with Crippen molar-refractivity contribution in [2.45, 2.75) is 31.3 Å². The second-order valence-corrected chi connectivity index (χ2v) is 9.67. The van der Waals surface area contributed by atoms with Gasteiger partial charge in [-0.15, -0.1) is 0 Å². The number of hydrogen-bond donors (Lipinski definition) is 1. The maximum absolute atomic E-state index is 12.7. The molecule has 3 aromatic carbocycles. The Morgan fingerprint density at radius 2 is 1.62 bits per heavy atom. The van der Waals surface area contributed by atoms with Crippen LogP contribution in [0.5, 0.6) is 0 Å². The molecule has 0 aromatic heterocycles. The summed E-state index contributed by atoms with van der Waals surface area (Å²) in [4.78, 5) is 15.0. The van der Waals surface area contributed by atoms with Crippen LogP contribution in [-0.4, -0.2) is 18.5 Å². The van der Waals surface area contributed by atoms with E-state index in [9.17, 15) is 4.79 Å². The summed E-state index contributed by atoms with van der Waals surface area (Å²) >= 11 is 24.8. The molecule has 2 atom stereocenters. The fraction of sp³-hybridized carbons (Fsp3) is 0.240. The zero-order chi connectivity index (χ0) is 22.7. The fourth-order valence-corrected chi connectivity index (χ4v) is 5.07. The van der Waals surface area contributed by atoms with E-state index in [-0.39, 0.29) is 18.0 Å². The average molecular weight is 508 g/mol. The number of carbonyl (C=O) groups is 1. The fourth-order valence-electron chi connectivity index (χ4n) is 4.21. The zero-order valence-corrected chi connectivity index (χ0v) is 20.2. The molecule has 7 heteroatoms. The summed E-state index contributed by atoms with van der Waals surface area (Å²) in [6.07, 6.45) is 1.86. The van der Waals surface area contributed by atoms with Gasteiger partial charge in [-0.05, 0) is 66.4 Å². The van der Waals surface area contributed by atoms with Gasteiger partial charge in [0.1, 0.15) is 0 Å². The minimum absolute atomic E-state index is 0.00917. The van der Waals surface area contributed by atoms with Gasteiger partial charge in [0.05, 0.1) is 23.2 Å². The Morgan fingerprint density at radius 1 is 0.906 bits per heavy atom. The number of piperidine rings is 1. The third-order valence-electron chi connectivity index (χ3n) is 5.70. The lowest BCUT2D eigenvalue weighted by Crippen LogP contribution is -2.46. The number of nitrogens with one attached hydrogen (secondary N) is 1. The molecule has 3 nitrogen and oxygen atoms in total. The van der Waals surface area contributed by atoms with Crippen LogP contribution in [0.3, 0.4) is 0 Å². The molecule has 1 fully saturated rings. The summed E-state index contributed by atoms with van der Waals surface area (Å²) in [6.45, 7) is 0.747. The van der Waals surface area contributed by atoms with Crippen LogP contribution in [0.25, 0.3) is 0 Å². The number of benzene rings is 3. The summed E-state index contributed by atoms with van der Waals surface area (Å²) in [5, 5.41) is 5.74. The number of hydrogen-bond acceptors (Lipinski definition) is 2. The molecule has 1 aliphatic heterocycles. The van der Waals surface area contributed by atoms with Gasteiger partial charge >= 0.3 is 0 Å². The summed E-state index contributed by atoms with van der Waals surface area (Å²) in [6, 6.07) is 20.9. The number of halogens is 4. The van der Waals surface area contributed by atoms with E-state index < -0.39 is 0 Å². The SMILES string of the molecule is O=C(Cc1cccc(Cl)c1)NC1CCN(c2ccc(Cl)cc2Cl)C(c2ccc(Cl)cc2)C1. The molecular formula is C25H22Cl4N2O. The van der Waals surface area contributed by atoms with Gasteiger partial charge in [-0.2, -0.15) is 0 Å². The van der Waals surface area contributed by atoms with Gasteiger partial charge in [-0.25, -0.2) is 0 Å². The van der Waals surface area contributed by atoms with Gasteiger partial charge in [0.25, 0.3) is 0 Å². The smallest absolute Gasteiger partial charge is 0.224 e. The first-order valence-electron chi connectivity index (χ1n) is 10.4. The molecule has 0 saturated carbocycles. The molecular weight excluding hydrogens is 486 g/mol. The highest BCUT2D eigenvalue weighted by atomic mass is 35.5. The summed E-state index contributed by atoms with van der Waals surface area (Å²) < 4.78 is 0. The Bertz CT molecular complexity index is 1100. The first kappa shape index (κ1) is 23.3. The van der Waals surface area contributed by atoms with Crippen LogP contribution in [-0.2, 0) is 11.2 Å². The molecule has 1 amide bonds. The molecule has 1 N–H and O–H groups in total. The molecule has 0 spiro atoms. The van der Waals surface area contributed by atoms with Crippen LogP contribution in [0.2, 0.25) is 20.1 Å². The van der Waals surface area contributed by atoms with Crippen molar-refractivity contribution < 1.29 is 4.79 Å². The van der Waals surface area contributed by atoms with E-state index in [1.165, 1.54) is 0 Å². The van der Waals surface area contributed by atoms with Gasteiger partial charge in [-0.3, -0.25) is 4.79 Å². The van der Waals surface area contributed by atoms with E-state index in [2.05, 4.69) is 10.2 Å². The average Bonchev–Trinajstić information content (AvgIpc) is 2.75. The highest BCUT2D eigenvalue weighted by molar-refractivity contribution is 6.36. The summed E-state index contributed by atoms with van der Waals surface area (Å²) in [5.74, 6) is -0.00917. The van der Waals surface area contributed by atoms with Crippen molar-refractivity contribution >= 4 is 58.0 Å². The molecule has 1 aliphatic rings. The van der Waals surface area contributed by atoms with E-state index in [1.807, 2.05) is 54.6 Å². The van der Waals surface area contributed by atoms with Gasteiger partial charge in [-0.1, -0.05) is 70.7 Å². The van der Waals surface area contributed by atoms with Crippen molar-refractivity contribution in [1.29, 1.82) is 0 Å². The van der Waals surface area contributed by atoms with Crippen molar-refractivity contribution in [2.75, 3.05) is 11.4 Å².